The highest BCUT2D eigenvalue weighted by atomic mass is 16.2. The van der Waals surface area contributed by atoms with Gasteiger partial charge in [0.2, 0.25) is 0 Å². The van der Waals surface area contributed by atoms with Crippen molar-refractivity contribution in [2.45, 2.75) is 0 Å². The lowest BCUT2D eigenvalue weighted by molar-refractivity contribution is 0.885. The molecule has 0 aliphatic heterocycles. The molecule has 2 rings (SSSR count). The molecule has 1 heterocycles. The average Bonchev–Trinajstić information content (AvgIpc) is 2.28. The lowest BCUT2D eigenvalue weighted by Crippen LogP contribution is -2.36. The maximum Gasteiger partial charge on any atom is 0.334 e. The van der Waals surface area contributed by atoms with Crippen LogP contribution in [0.4, 0.5) is 11.5 Å². The van der Waals surface area contributed by atoms with Crippen LogP contribution in [0.1, 0.15) is 0 Å². The van der Waals surface area contributed by atoms with Gasteiger partial charge >= 0.3 is 5.69 Å². The van der Waals surface area contributed by atoms with Gasteiger partial charge in [0.05, 0.1) is 5.69 Å². The van der Waals surface area contributed by atoms with Crippen molar-refractivity contribution in [1.29, 1.82) is 0 Å². The van der Waals surface area contributed by atoms with Crippen molar-refractivity contribution in [2.24, 2.45) is 0 Å². The smallest absolute Gasteiger partial charge is 0.334 e. The third-order valence-electron chi connectivity index (χ3n) is 2.18. The molecule has 0 atom stereocenters. The van der Waals surface area contributed by atoms with E-state index in [1.54, 1.807) is 30.3 Å². The largest absolute Gasteiger partial charge is 0.391 e. The molecule has 0 spiro atoms. The highest BCUT2D eigenvalue weighted by Crippen LogP contribution is 2.04. The number of aromatic amines is 1. The van der Waals surface area contributed by atoms with Gasteiger partial charge in [-0.1, -0.05) is 18.2 Å². The van der Waals surface area contributed by atoms with E-state index in [0.717, 1.165) is 4.57 Å². The van der Waals surface area contributed by atoms with Crippen LogP contribution in [0, 0.1) is 0 Å². The molecule has 82 valence electrons. The van der Waals surface area contributed by atoms with Crippen LogP contribution in [-0.4, -0.2) is 9.55 Å². The maximum absolute atomic E-state index is 11.7. The maximum atomic E-state index is 11.7. The molecule has 0 saturated heterocycles. The van der Waals surface area contributed by atoms with Gasteiger partial charge in [-0.3, -0.25) is 9.78 Å². The standard InChI is InChI=1S/C10H10N4O2/c11-7-8(12)13-10(16)14(9(7)15)6-4-2-1-3-5-6/h1-5H,11-12H2,(H,13,16). The number of nitrogens with two attached hydrogens (primary N) is 2. The Balaban J connectivity index is 2.82. The molecule has 0 unspecified atom stereocenters. The number of para-hydroxylation sites is 1. The summed E-state index contributed by atoms with van der Waals surface area (Å²) in [4.78, 5) is 25.6. The van der Waals surface area contributed by atoms with Gasteiger partial charge in [-0.15, -0.1) is 0 Å². The number of hydrogen-bond donors (Lipinski definition) is 3. The van der Waals surface area contributed by atoms with Crippen molar-refractivity contribution >= 4 is 11.5 Å². The van der Waals surface area contributed by atoms with E-state index in [-0.39, 0.29) is 11.5 Å². The van der Waals surface area contributed by atoms with Crippen LogP contribution in [0.5, 0.6) is 0 Å². The van der Waals surface area contributed by atoms with Gasteiger partial charge in [0, 0.05) is 0 Å². The fourth-order valence-corrected chi connectivity index (χ4v) is 1.38. The Morgan fingerprint density at radius 3 is 2.31 bits per heavy atom. The van der Waals surface area contributed by atoms with Crippen molar-refractivity contribution in [3.63, 3.8) is 0 Å². The van der Waals surface area contributed by atoms with Gasteiger partial charge in [0.25, 0.3) is 5.56 Å². The van der Waals surface area contributed by atoms with E-state index in [1.165, 1.54) is 0 Å². The number of anilines is 2. The fraction of sp³-hybridized carbons (Fsp3) is 0. The molecule has 0 fully saturated rings. The lowest BCUT2D eigenvalue weighted by Gasteiger charge is -2.06. The second kappa shape index (κ2) is 3.58. The zero-order valence-electron chi connectivity index (χ0n) is 8.31. The fourth-order valence-electron chi connectivity index (χ4n) is 1.38. The van der Waals surface area contributed by atoms with Gasteiger partial charge in [-0.05, 0) is 12.1 Å². The Kier molecular flexibility index (Phi) is 2.24. The SMILES string of the molecule is Nc1[nH]c(=O)n(-c2ccccc2)c(=O)c1N. The van der Waals surface area contributed by atoms with Crippen LogP contribution >= 0.6 is 0 Å². The molecule has 0 aliphatic rings. The normalized spacial score (nSPS) is 10.2. The molecule has 0 aliphatic carbocycles. The molecule has 0 radical (unpaired) electrons. The first-order valence-corrected chi connectivity index (χ1v) is 4.57. The Labute approximate surface area is 90.1 Å². The summed E-state index contributed by atoms with van der Waals surface area (Å²) < 4.78 is 0.936. The van der Waals surface area contributed by atoms with Gasteiger partial charge in [0.15, 0.2) is 0 Å². The Morgan fingerprint density at radius 1 is 1.06 bits per heavy atom. The monoisotopic (exact) mass is 218 g/mol. The van der Waals surface area contributed by atoms with E-state index in [1.807, 2.05) is 0 Å². The van der Waals surface area contributed by atoms with Crippen molar-refractivity contribution in [3.05, 3.63) is 51.2 Å². The Morgan fingerprint density at radius 2 is 1.69 bits per heavy atom. The summed E-state index contributed by atoms with van der Waals surface area (Å²) in [6.07, 6.45) is 0. The minimum Gasteiger partial charge on any atom is -0.391 e. The summed E-state index contributed by atoms with van der Waals surface area (Å²) >= 11 is 0. The van der Waals surface area contributed by atoms with Crippen molar-refractivity contribution < 1.29 is 0 Å². The van der Waals surface area contributed by atoms with Crippen LogP contribution in [0.3, 0.4) is 0 Å². The predicted molar refractivity (Wildman–Crippen MR) is 61.5 cm³/mol. The van der Waals surface area contributed by atoms with Crippen LogP contribution in [0.2, 0.25) is 0 Å². The summed E-state index contributed by atoms with van der Waals surface area (Å²) in [5.74, 6) is -0.109. The van der Waals surface area contributed by atoms with E-state index in [9.17, 15) is 9.59 Å². The zero-order chi connectivity index (χ0) is 11.7. The van der Waals surface area contributed by atoms with Crippen LogP contribution in [0.15, 0.2) is 39.9 Å². The molecule has 16 heavy (non-hydrogen) atoms. The molecule has 6 nitrogen and oxygen atoms in total. The van der Waals surface area contributed by atoms with E-state index >= 15 is 0 Å². The average molecular weight is 218 g/mol. The molecule has 0 amide bonds. The van der Waals surface area contributed by atoms with Crippen molar-refractivity contribution in [1.82, 2.24) is 9.55 Å². The first-order chi connectivity index (χ1) is 7.61. The van der Waals surface area contributed by atoms with E-state index in [0.29, 0.717) is 5.69 Å². The number of hydrogen-bond acceptors (Lipinski definition) is 4. The van der Waals surface area contributed by atoms with Crippen molar-refractivity contribution in [2.75, 3.05) is 11.5 Å². The third kappa shape index (κ3) is 1.46. The molecule has 0 saturated carbocycles. The van der Waals surface area contributed by atoms with E-state index in [2.05, 4.69) is 4.98 Å². The first kappa shape index (κ1) is 10.0. The Bertz CT molecular complexity index is 628. The summed E-state index contributed by atoms with van der Waals surface area (Å²) in [5.41, 5.74) is 9.89. The molecule has 2 aromatic rings. The predicted octanol–water partition coefficient (Wildman–Crippen LogP) is -0.310. The summed E-state index contributed by atoms with van der Waals surface area (Å²) in [7, 11) is 0. The Hall–Kier alpha value is -2.50. The zero-order valence-corrected chi connectivity index (χ0v) is 8.31. The minimum atomic E-state index is -0.618. The highest BCUT2D eigenvalue weighted by molar-refractivity contribution is 5.56. The molecule has 0 bridgehead atoms. The van der Waals surface area contributed by atoms with Gasteiger partial charge < -0.3 is 11.5 Å². The highest BCUT2D eigenvalue weighted by Gasteiger charge is 2.09. The topological polar surface area (TPSA) is 107 Å². The molecule has 1 aromatic heterocycles. The number of rotatable bonds is 1. The number of nitrogen functional groups attached to an aromatic ring is 2. The number of nitrogens with one attached hydrogen (secondary N) is 1. The summed E-state index contributed by atoms with van der Waals surface area (Å²) in [6, 6.07) is 8.48. The van der Waals surface area contributed by atoms with Gasteiger partial charge in [-0.25, -0.2) is 9.36 Å². The second-order valence-electron chi connectivity index (χ2n) is 3.23. The molecular formula is C10H10N4O2. The van der Waals surface area contributed by atoms with E-state index in [4.69, 9.17) is 11.5 Å². The first-order valence-electron chi connectivity index (χ1n) is 4.57. The van der Waals surface area contributed by atoms with Crippen molar-refractivity contribution in [3.8, 4) is 5.69 Å². The number of H-pyrrole nitrogens is 1. The van der Waals surface area contributed by atoms with Gasteiger partial charge in [0.1, 0.15) is 11.5 Å². The van der Waals surface area contributed by atoms with Crippen LogP contribution < -0.4 is 22.7 Å². The van der Waals surface area contributed by atoms with Crippen LogP contribution in [-0.2, 0) is 0 Å². The second-order valence-corrected chi connectivity index (χ2v) is 3.23. The molecule has 1 aromatic carbocycles. The molecule has 6 heteroatoms. The third-order valence-corrected chi connectivity index (χ3v) is 2.18. The number of benzene rings is 1. The van der Waals surface area contributed by atoms with Crippen LogP contribution in [0.25, 0.3) is 5.69 Å². The summed E-state index contributed by atoms with van der Waals surface area (Å²) in [5, 5.41) is 0. The quantitative estimate of drug-likeness (QED) is 0.610. The van der Waals surface area contributed by atoms with E-state index < -0.39 is 11.2 Å². The number of aromatic nitrogens is 2. The molecule has 5 N–H and O–H groups in total. The molecular weight excluding hydrogens is 208 g/mol. The minimum absolute atomic E-state index is 0.109. The summed E-state index contributed by atoms with van der Waals surface area (Å²) in [6.45, 7) is 0. The number of nitrogens with zero attached hydrogens (tertiary/aromatic N) is 1. The lowest BCUT2D eigenvalue weighted by atomic mass is 10.3. The van der Waals surface area contributed by atoms with Gasteiger partial charge in [-0.2, -0.15) is 0 Å².